The molecule has 2 amide bonds. The molecule has 190 valence electrons. The van der Waals surface area contributed by atoms with Gasteiger partial charge in [-0.1, -0.05) is 47.6 Å². The average Bonchev–Trinajstić information content (AvgIpc) is 2.99. The van der Waals surface area contributed by atoms with Gasteiger partial charge in [0.15, 0.2) is 0 Å². The number of nitrogens with zero attached hydrogens (tertiary/aromatic N) is 5. The third-order valence-corrected chi connectivity index (χ3v) is 5.25. The van der Waals surface area contributed by atoms with Crippen LogP contribution in [0.2, 0.25) is 0 Å². The smallest absolute Gasteiger partial charge is 0.493 e. The predicted molar refractivity (Wildman–Crippen MR) is 127 cm³/mol. The maximum absolute atomic E-state index is 13.0. The van der Waals surface area contributed by atoms with E-state index in [1.165, 1.54) is 11.0 Å². The van der Waals surface area contributed by atoms with Crippen LogP contribution in [0.4, 0.5) is 11.4 Å². The summed E-state index contributed by atoms with van der Waals surface area (Å²) in [4.78, 5) is 52.7. The Balaban J connectivity index is 0.00000432. The zero-order valence-electron chi connectivity index (χ0n) is 20.7. The van der Waals surface area contributed by atoms with Gasteiger partial charge < -0.3 is 5.11 Å². The second-order valence-corrected chi connectivity index (χ2v) is 9.78. The molecule has 0 bridgehead atoms. The summed E-state index contributed by atoms with van der Waals surface area (Å²) in [5, 5.41) is 18.8. The van der Waals surface area contributed by atoms with Crippen molar-refractivity contribution in [1.82, 2.24) is 14.0 Å². The first-order valence-electron chi connectivity index (χ1n) is 11.4. The van der Waals surface area contributed by atoms with Gasteiger partial charge in [0.05, 0.1) is 16.8 Å². The summed E-state index contributed by atoms with van der Waals surface area (Å²) in [5.41, 5.74) is -1.35. The fraction of sp³-hybridized carbons (Fsp3) is 0.500. The normalized spacial score (nSPS) is 13.5. The van der Waals surface area contributed by atoms with Crippen molar-refractivity contribution >= 4 is 23.2 Å². The van der Waals surface area contributed by atoms with Crippen LogP contribution in [0.3, 0.4) is 0 Å². The third kappa shape index (κ3) is 5.61. The minimum Gasteiger partial charge on any atom is -0.493 e. The van der Waals surface area contributed by atoms with Gasteiger partial charge >= 0.3 is 22.2 Å². The van der Waals surface area contributed by atoms with E-state index < -0.39 is 34.6 Å². The van der Waals surface area contributed by atoms with Crippen molar-refractivity contribution in [2.24, 2.45) is 28.0 Å². The van der Waals surface area contributed by atoms with Crippen LogP contribution in [0.15, 0.2) is 38.0 Å². The fourth-order valence-corrected chi connectivity index (χ4v) is 3.85. The molecule has 0 aliphatic carbocycles. The van der Waals surface area contributed by atoms with E-state index in [9.17, 15) is 24.3 Å². The number of carbonyl (C=O) groups excluding carboxylic acids is 2. The molecule has 1 aromatic heterocycles. The van der Waals surface area contributed by atoms with Crippen molar-refractivity contribution in [3.05, 3.63) is 50.2 Å². The number of azo groups is 1. The summed E-state index contributed by atoms with van der Waals surface area (Å²) >= 11 is 0. The van der Waals surface area contributed by atoms with E-state index >= 15 is 0 Å². The van der Waals surface area contributed by atoms with Gasteiger partial charge in [0.1, 0.15) is 0 Å². The van der Waals surface area contributed by atoms with Gasteiger partial charge in [-0.05, 0) is 29.9 Å². The maximum Gasteiger partial charge on any atom is 2.00 e. The summed E-state index contributed by atoms with van der Waals surface area (Å²) in [5.74, 6) is -1.35. The Morgan fingerprint density at radius 3 is 1.94 bits per heavy atom. The van der Waals surface area contributed by atoms with Crippen molar-refractivity contribution in [1.29, 1.82) is 0 Å². The van der Waals surface area contributed by atoms with Crippen LogP contribution in [0.1, 0.15) is 62.3 Å². The first-order chi connectivity index (χ1) is 15.9. The number of imide groups is 1. The molecule has 3 rings (SSSR count). The molecular formula is C24H31N5NiO5+2. The molecule has 1 aliphatic rings. The summed E-state index contributed by atoms with van der Waals surface area (Å²) in [6.45, 7) is 11.9. The summed E-state index contributed by atoms with van der Waals surface area (Å²) in [6, 6.07) is 4.64. The van der Waals surface area contributed by atoms with Crippen molar-refractivity contribution in [3.8, 4) is 5.88 Å². The Morgan fingerprint density at radius 1 is 0.800 bits per heavy atom. The molecule has 1 aliphatic heterocycles. The van der Waals surface area contributed by atoms with Crippen molar-refractivity contribution in [3.63, 3.8) is 0 Å². The molecule has 2 aromatic rings. The predicted octanol–water partition coefficient (Wildman–Crippen LogP) is 3.69. The Labute approximate surface area is 213 Å². The SMILES string of the molecule is CC(C)CN1C(=O)c2cccc(N=Nc3c(O)n(CC(C)C)c(=O)n(CC(C)C)c3=O)c2C1=O.[Ni+2]. The molecule has 1 aromatic carbocycles. The van der Waals surface area contributed by atoms with Crippen molar-refractivity contribution in [2.45, 2.75) is 54.6 Å². The van der Waals surface area contributed by atoms with E-state index in [2.05, 4.69) is 10.2 Å². The van der Waals surface area contributed by atoms with Crippen LogP contribution in [0.25, 0.3) is 0 Å². The Hall–Kier alpha value is -3.07. The van der Waals surface area contributed by atoms with E-state index in [4.69, 9.17) is 0 Å². The van der Waals surface area contributed by atoms with Crippen LogP contribution < -0.4 is 11.2 Å². The van der Waals surface area contributed by atoms with Crippen molar-refractivity contribution < 1.29 is 31.2 Å². The molecule has 10 nitrogen and oxygen atoms in total. The van der Waals surface area contributed by atoms with Crippen LogP contribution in [0.5, 0.6) is 5.88 Å². The molecule has 0 saturated carbocycles. The van der Waals surface area contributed by atoms with E-state index in [1.807, 2.05) is 41.5 Å². The van der Waals surface area contributed by atoms with Crippen LogP contribution in [-0.2, 0) is 29.6 Å². The van der Waals surface area contributed by atoms with E-state index in [0.29, 0.717) is 0 Å². The second-order valence-electron chi connectivity index (χ2n) is 9.78. The molecule has 0 saturated heterocycles. The van der Waals surface area contributed by atoms with Gasteiger partial charge in [-0.25, -0.2) is 4.79 Å². The fourth-order valence-electron chi connectivity index (χ4n) is 3.85. The molecule has 1 N–H and O–H groups in total. The third-order valence-electron chi connectivity index (χ3n) is 5.25. The molecule has 0 unspecified atom stereocenters. The first kappa shape index (κ1) is 28.2. The largest absolute Gasteiger partial charge is 2.00 e. The second kappa shape index (κ2) is 11.1. The topological polar surface area (TPSA) is 126 Å². The molecular weight excluding hydrogens is 497 g/mol. The minimum atomic E-state index is -0.767. The Bertz CT molecular complexity index is 1280. The average molecular weight is 528 g/mol. The minimum absolute atomic E-state index is 0. The number of rotatable bonds is 8. The number of carbonyl (C=O) groups is 2. The molecule has 0 fully saturated rings. The Kier molecular flexibility index (Phi) is 8.95. The molecule has 0 radical (unpaired) electrons. The first-order valence-corrected chi connectivity index (χ1v) is 11.4. The summed E-state index contributed by atoms with van der Waals surface area (Å²) in [7, 11) is 0. The number of aromatic nitrogens is 2. The van der Waals surface area contributed by atoms with E-state index in [0.717, 1.165) is 9.13 Å². The summed E-state index contributed by atoms with van der Waals surface area (Å²) in [6.07, 6.45) is 0. The van der Waals surface area contributed by atoms with Gasteiger partial charge in [-0.3, -0.25) is 28.4 Å². The standard InChI is InChI=1S/C24H31N5O5.Ni/c1-13(2)10-27-20(30)16-8-7-9-17(18(16)21(27)31)25-26-19-22(32)28(11-14(3)4)24(34)29(23(19)33)12-15(5)6;/h7-9,13-15,32H,10-12H2,1-6H3;/q;+2. The number of fused-ring (bicyclic) bond motifs is 1. The van der Waals surface area contributed by atoms with Gasteiger partial charge in [-0.15, -0.1) is 10.2 Å². The quantitative estimate of drug-likeness (QED) is 0.318. The molecule has 0 atom stereocenters. The molecule has 11 heteroatoms. The molecule has 0 spiro atoms. The Morgan fingerprint density at radius 2 is 1.37 bits per heavy atom. The number of hydrogen-bond donors (Lipinski definition) is 1. The monoisotopic (exact) mass is 527 g/mol. The zero-order chi connectivity index (χ0) is 25.3. The van der Waals surface area contributed by atoms with Crippen LogP contribution in [-0.4, -0.2) is 37.5 Å². The van der Waals surface area contributed by atoms with Crippen LogP contribution >= 0.6 is 0 Å². The number of aromatic hydroxyl groups is 1. The van der Waals surface area contributed by atoms with Crippen molar-refractivity contribution in [2.75, 3.05) is 6.54 Å². The van der Waals surface area contributed by atoms with Crippen LogP contribution in [0, 0.1) is 17.8 Å². The molecule has 2 heterocycles. The summed E-state index contributed by atoms with van der Waals surface area (Å²) < 4.78 is 2.15. The number of hydrogen-bond acceptors (Lipinski definition) is 7. The van der Waals surface area contributed by atoms with Gasteiger partial charge in [-0.2, -0.15) is 0 Å². The van der Waals surface area contributed by atoms with E-state index in [1.54, 1.807) is 12.1 Å². The maximum atomic E-state index is 13.0. The van der Waals surface area contributed by atoms with Gasteiger partial charge in [0.2, 0.25) is 11.6 Å². The van der Waals surface area contributed by atoms with Gasteiger partial charge in [0, 0.05) is 19.6 Å². The number of benzene rings is 1. The number of amides is 2. The van der Waals surface area contributed by atoms with E-state index in [-0.39, 0.29) is 70.7 Å². The molecule has 35 heavy (non-hydrogen) atoms. The van der Waals surface area contributed by atoms with Gasteiger partial charge in [0.25, 0.3) is 17.4 Å². The zero-order valence-corrected chi connectivity index (χ0v) is 21.7.